The molecule has 0 fully saturated rings. The van der Waals surface area contributed by atoms with Gasteiger partial charge in [0, 0.05) is 6.04 Å². The van der Waals surface area contributed by atoms with Gasteiger partial charge in [0.1, 0.15) is 0 Å². The lowest BCUT2D eigenvalue weighted by molar-refractivity contribution is 0.0935. The number of nitrogens with two attached hydrogens (primary N) is 1. The Morgan fingerprint density at radius 1 is 1.50 bits per heavy atom. The molecular formula is C14H22N2O2. The van der Waals surface area contributed by atoms with Crippen molar-refractivity contribution in [3.63, 3.8) is 0 Å². The highest BCUT2D eigenvalue weighted by molar-refractivity contribution is 5.98. The van der Waals surface area contributed by atoms with Crippen LogP contribution in [-0.4, -0.2) is 19.1 Å². The van der Waals surface area contributed by atoms with Crippen molar-refractivity contribution in [3.05, 3.63) is 23.8 Å². The molecule has 0 aliphatic carbocycles. The Hall–Kier alpha value is -1.71. The first-order chi connectivity index (χ1) is 8.60. The first-order valence-electron chi connectivity index (χ1n) is 6.33. The normalized spacial score (nSPS) is 11.9. The number of carbonyl (C=O) groups is 1. The van der Waals surface area contributed by atoms with Crippen molar-refractivity contribution >= 4 is 11.6 Å². The molecule has 1 rings (SSSR count). The summed E-state index contributed by atoms with van der Waals surface area (Å²) >= 11 is 0. The van der Waals surface area contributed by atoms with E-state index in [4.69, 9.17) is 10.5 Å². The summed E-state index contributed by atoms with van der Waals surface area (Å²) in [7, 11) is 1.52. The van der Waals surface area contributed by atoms with E-state index in [1.54, 1.807) is 18.2 Å². The van der Waals surface area contributed by atoms with Crippen molar-refractivity contribution in [2.24, 2.45) is 0 Å². The van der Waals surface area contributed by atoms with E-state index in [2.05, 4.69) is 12.2 Å². The highest BCUT2D eigenvalue weighted by Gasteiger charge is 2.15. The topological polar surface area (TPSA) is 64.4 Å². The van der Waals surface area contributed by atoms with E-state index in [-0.39, 0.29) is 11.9 Å². The second kappa shape index (κ2) is 6.89. The van der Waals surface area contributed by atoms with Crippen LogP contribution in [0.4, 0.5) is 5.69 Å². The van der Waals surface area contributed by atoms with Crippen molar-refractivity contribution in [3.8, 4) is 5.75 Å². The highest BCUT2D eigenvalue weighted by Crippen LogP contribution is 2.25. The van der Waals surface area contributed by atoms with E-state index < -0.39 is 0 Å². The van der Waals surface area contributed by atoms with Crippen LogP contribution in [0.1, 0.15) is 43.5 Å². The number of amides is 1. The molecule has 4 heteroatoms. The molecule has 1 aromatic rings. The minimum absolute atomic E-state index is 0.136. The number of nitrogen functional groups attached to an aromatic ring is 1. The maximum Gasteiger partial charge on any atom is 0.255 e. The summed E-state index contributed by atoms with van der Waals surface area (Å²) in [6, 6.07) is 5.35. The quantitative estimate of drug-likeness (QED) is 0.763. The van der Waals surface area contributed by atoms with Crippen LogP contribution in [0.15, 0.2) is 18.2 Å². The molecule has 0 aliphatic heterocycles. The molecule has 1 aromatic carbocycles. The number of hydrogen-bond donors (Lipinski definition) is 2. The average Bonchev–Trinajstić information content (AvgIpc) is 2.35. The summed E-state index contributed by atoms with van der Waals surface area (Å²) in [5.74, 6) is 0.306. The van der Waals surface area contributed by atoms with Crippen LogP contribution in [0, 0.1) is 0 Å². The fourth-order valence-corrected chi connectivity index (χ4v) is 1.85. The van der Waals surface area contributed by atoms with Gasteiger partial charge < -0.3 is 15.8 Å². The van der Waals surface area contributed by atoms with Gasteiger partial charge >= 0.3 is 0 Å². The molecule has 4 nitrogen and oxygen atoms in total. The zero-order valence-electron chi connectivity index (χ0n) is 11.3. The summed E-state index contributed by atoms with van der Waals surface area (Å²) in [6.45, 7) is 4.14. The summed E-state index contributed by atoms with van der Waals surface area (Å²) in [5, 5.41) is 2.96. The Bertz CT molecular complexity index is 405. The Labute approximate surface area is 109 Å². The van der Waals surface area contributed by atoms with Crippen LogP contribution < -0.4 is 15.8 Å². The van der Waals surface area contributed by atoms with Crippen molar-refractivity contribution < 1.29 is 9.53 Å². The van der Waals surface area contributed by atoms with E-state index in [0.717, 1.165) is 19.3 Å². The third-order valence-corrected chi connectivity index (χ3v) is 2.86. The van der Waals surface area contributed by atoms with Crippen molar-refractivity contribution in [1.29, 1.82) is 0 Å². The number of rotatable bonds is 6. The van der Waals surface area contributed by atoms with Crippen LogP contribution in [0.3, 0.4) is 0 Å². The number of hydrogen-bond acceptors (Lipinski definition) is 3. The first kappa shape index (κ1) is 14.4. The van der Waals surface area contributed by atoms with Crippen LogP contribution in [0.5, 0.6) is 5.75 Å². The SMILES string of the molecule is CCCCC(C)NC(=O)c1cccc(N)c1OC. The van der Waals surface area contributed by atoms with E-state index in [9.17, 15) is 4.79 Å². The summed E-state index contributed by atoms with van der Waals surface area (Å²) in [4.78, 5) is 12.1. The maximum absolute atomic E-state index is 12.1. The van der Waals surface area contributed by atoms with Gasteiger partial charge in [-0.05, 0) is 25.5 Å². The monoisotopic (exact) mass is 250 g/mol. The number of carbonyl (C=O) groups excluding carboxylic acids is 1. The second-order valence-corrected chi connectivity index (χ2v) is 4.44. The molecule has 0 saturated heterocycles. The molecule has 3 N–H and O–H groups in total. The van der Waals surface area contributed by atoms with Crippen molar-refractivity contribution in [2.45, 2.75) is 39.2 Å². The molecule has 100 valence electrons. The van der Waals surface area contributed by atoms with Gasteiger partial charge in [-0.25, -0.2) is 0 Å². The number of benzene rings is 1. The van der Waals surface area contributed by atoms with Gasteiger partial charge in [0.25, 0.3) is 5.91 Å². The summed E-state index contributed by atoms with van der Waals surface area (Å²) in [5.41, 5.74) is 6.74. The summed E-state index contributed by atoms with van der Waals surface area (Å²) in [6.07, 6.45) is 3.21. The molecule has 0 aromatic heterocycles. The molecule has 0 aliphatic rings. The number of unbranched alkanes of at least 4 members (excludes halogenated alkanes) is 1. The molecule has 0 saturated carbocycles. The lowest BCUT2D eigenvalue weighted by Gasteiger charge is -2.15. The predicted molar refractivity (Wildman–Crippen MR) is 73.9 cm³/mol. The molecule has 0 spiro atoms. The van der Waals surface area contributed by atoms with E-state index in [1.165, 1.54) is 7.11 Å². The van der Waals surface area contributed by atoms with Gasteiger partial charge in [0.15, 0.2) is 5.75 Å². The molecule has 18 heavy (non-hydrogen) atoms. The third-order valence-electron chi connectivity index (χ3n) is 2.86. The zero-order valence-corrected chi connectivity index (χ0v) is 11.3. The number of para-hydroxylation sites is 1. The van der Waals surface area contributed by atoms with Gasteiger partial charge in [0.05, 0.1) is 18.4 Å². The maximum atomic E-state index is 12.1. The molecule has 1 unspecified atom stereocenters. The van der Waals surface area contributed by atoms with Crippen molar-refractivity contribution in [2.75, 3.05) is 12.8 Å². The Kier molecular flexibility index (Phi) is 5.49. The Morgan fingerprint density at radius 2 is 2.22 bits per heavy atom. The molecule has 1 amide bonds. The summed E-state index contributed by atoms with van der Waals surface area (Å²) < 4.78 is 5.17. The van der Waals surface area contributed by atoms with Gasteiger partial charge in [-0.2, -0.15) is 0 Å². The van der Waals surface area contributed by atoms with E-state index >= 15 is 0 Å². The number of nitrogens with one attached hydrogen (secondary N) is 1. The van der Waals surface area contributed by atoms with Gasteiger partial charge in [-0.15, -0.1) is 0 Å². The number of ether oxygens (including phenoxy) is 1. The number of anilines is 1. The average molecular weight is 250 g/mol. The van der Waals surface area contributed by atoms with Crippen LogP contribution in [0.25, 0.3) is 0 Å². The predicted octanol–water partition coefficient (Wildman–Crippen LogP) is 2.59. The van der Waals surface area contributed by atoms with E-state index in [0.29, 0.717) is 17.0 Å². The Balaban J connectivity index is 2.75. The minimum Gasteiger partial charge on any atom is -0.494 e. The van der Waals surface area contributed by atoms with E-state index in [1.807, 2.05) is 6.92 Å². The van der Waals surface area contributed by atoms with Gasteiger partial charge in [-0.1, -0.05) is 25.8 Å². The van der Waals surface area contributed by atoms with Gasteiger partial charge in [0.2, 0.25) is 0 Å². The highest BCUT2D eigenvalue weighted by atomic mass is 16.5. The number of methoxy groups -OCH3 is 1. The lowest BCUT2D eigenvalue weighted by Crippen LogP contribution is -2.32. The largest absolute Gasteiger partial charge is 0.494 e. The first-order valence-corrected chi connectivity index (χ1v) is 6.33. The fourth-order valence-electron chi connectivity index (χ4n) is 1.85. The molecule has 0 radical (unpaired) electrons. The minimum atomic E-state index is -0.136. The molecule has 1 atom stereocenters. The smallest absolute Gasteiger partial charge is 0.255 e. The van der Waals surface area contributed by atoms with Crippen LogP contribution in [0.2, 0.25) is 0 Å². The zero-order chi connectivity index (χ0) is 13.5. The second-order valence-electron chi connectivity index (χ2n) is 4.44. The van der Waals surface area contributed by atoms with Crippen LogP contribution in [-0.2, 0) is 0 Å². The lowest BCUT2D eigenvalue weighted by atomic mass is 10.1. The fraction of sp³-hybridized carbons (Fsp3) is 0.500. The molecular weight excluding hydrogens is 228 g/mol. The third kappa shape index (κ3) is 3.65. The standard InChI is InChI=1S/C14H22N2O2/c1-4-5-7-10(2)16-14(17)11-8-6-9-12(15)13(11)18-3/h6,8-10H,4-5,7,15H2,1-3H3,(H,16,17). The van der Waals surface area contributed by atoms with Gasteiger partial charge in [-0.3, -0.25) is 4.79 Å². The van der Waals surface area contributed by atoms with Crippen molar-refractivity contribution in [1.82, 2.24) is 5.32 Å². The van der Waals surface area contributed by atoms with Crippen LogP contribution >= 0.6 is 0 Å². The molecule has 0 heterocycles. The molecule has 0 bridgehead atoms. The Morgan fingerprint density at radius 3 is 2.83 bits per heavy atom.